The first-order valence-electron chi connectivity index (χ1n) is 6.36. The molecule has 0 aliphatic rings. The SMILES string of the molecule is O=C(Cc1ccccc1[N+](=O)[O-])NN=Cc1ccc(Cl)cc1. The highest BCUT2D eigenvalue weighted by atomic mass is 35.5. The van der Waals surface area contributed by atoms with Gasteiger partial charge in [0.1, 0.15) is 0 Å². The molecule has 0 saturated heterocycles. The summed E-state index contributed by atoms with van der Waals surface area (Å²) in [6.07, 6.45) is 1.35. The van der Waals surface area contributed by atoms with Crippen LogP contribution in [0.1, 0.15) is 11.1 Å². The maximum absolute atomic E-state index is 11.8. The van der Waals surface area contributed by atoms with Crippen LogP contribution in [0.3, 0.4) is 0 Å². The van der Waals surface area contributed by atoms with E-state index in [0.717, 1.165) is 5.56 Å². The Balaban J connectivity index is 1.96. The number of benzene rings is 2. The minimum Gasteiger partial charge on any atom is -0.273 e. The molecule has 22 heavy (non-hydrogen) atoms. The van der Waals surface area contributed by atoms with E-state index in [9.17, 15) is 14.9 Å². The van der Waals surface area contributed by atoms with Gasteiger partial charge in [0.25, 0.3) is 5.69 Å². The van der Waals surface area contributed by atoms with E-state index in [1.807, 2.05) is 0 Å². The molecule has 1 amide bonds. The van der Waals surface area contributed by atoms with Crippen LogP contribution in [0, 0.1) is 10.1 Å². The molecule has 0 aliphatic carbocycles. The zero-order valence-corrected chi connectivity index (χ0v) is 12.2. The van der Waals surface area contributed by atoms with Crippen LogP contribution in [0.2, 0.25) is 5.02 Å². The Kier molecular flexibility index (Phi) is 5.21. The molecule has 2 rings (SSSR count). The number of carbonyl (C=O) groups excluding carboxylic acids is 1. The van der Waals surface area contributed by atoms with Crippen LogP contribution >= 0.6 is 11.6 Å². The quantitative estimate of drug-likeness (QED) is 0.522. The van der Waals surface area contributed by atoms with Gasteiger partial charge >= 0.3 is 0 Å². The highest BCUT2D eigenvalue weighted by Crippen LogP contribution is 2.17. The third-order valence-corrected chi connectivity index (χ3v) is 3.06. The van der Waals surface area contributed by atoms with Crippen molar-refractivity contribution in [3.63, 3.8) is 0 Å². The number of hydrazone groups is 1. The van der Waals surface area contributed by atoms with E-state index >= 15 is 0 Å². The molecule has 0 aliphatic heterocycles. The zero-order chi connectivity index (χ0) is 15.9. The molecule has 0 unspecified atom stereocenters. The number of amides is 1. The van der Waals surface area contributed by atoms with Crippen molar-refractivity contribution in [2.24, 2.45) is 5.10 Å². The van der Waals surface area contributed by atoms with E-state index in [4.69, 9.17) is 11.6 Å². The summed E-state index contributed by atoms with van der Waals surface area (Å²) in [7, 11) is 0. The van der Waals surface area contributed by atoms with Gasteiger partial charge in [-0.2, -0.15) is 5.10 Å². The van der Waals surface area contributed by atoms with Crippen LogP contribution in [0.15, 0.2) is 53.6 Å². The Hall–Kier alpha value is -2.73. The lowest BCUT2D eigenvalue weighted by atomic mass is 10.1. The van der Waals surface area contributed by atoms with Gasteiger partial charge < -0.3 is 0 Å². The Morgan fingerprint density at radius 2 is 1.91 bits per heavy atom. The number of rotatable bonds is 5. The molecule has 0 aromatic heterocycles. The molecule has 0 radical (unpaired) electrons. The van der Waals surface area contributed by atoms with Gasteiger partial charge in [0.15, 0.2) is 0 Å². The van der Waals surface area contributed by atoms with Crippen molar-refractivity contribution >= 4 is 29.4 Å². The molecule has 7 heteroatoms. The first-order chi connectivity index (χ1) is 10.6. The molecule has 2 aromatic rings. The van der Waals surface area contributed by atoms with E-state index < -0.39 is 10.8 Å². The fraction of sp³-hybridized carbons (Fsp3) is 0.0667. The van der Waals surface area contributed by atoms with Crippen molar-refractivity contribution in [3.8, 4) is 0 Å². The highest BCUT2D eigenvalue weighted by Gasteiger charge is 2.14. The van der Waals surface area contributed by atoms with E-state index in [1.165, 1.54) is 12.3 Å². The summed E-state index contributed by atoms with van der Waals surface area (Å²) in [4.78, 5) is 22.1. The maximum Gasteiger partial charge on any atom is 0.273 e. The lowest BCUT2D eigenvalue weighted by Crippen LogP contribution is -2.20. The Labute approximate surface area is 131 Å². The van der Waals surface area contributed by atoms with E-state index in [1.54, 1.807) is 42.5 Å². The van der Waals surface area contributed by atoms with Crippen molar-refractivity contribution in [2.75, 3.05) is 0 Å². The van der Waals surface area contributed by atoms with Crippen LogP contribution in [0.5, 0.6) is 0 Å². The second kappa shape index (κ2) is 7.33. The smallest absolute Gasteiger partial charge is 0.273 e. The number of nitrogens with zero attached hydrogens (tertiary/aromatic N) is 2. The summed E-state index contributed by atoms with van der Waals surface area (Å²) in [6, 6.07) is 13.0. The molecular formula is C15H12ClN3O3. The lowest BCUT2D eigenvalue weighted by Gasteiger charge is -2.01. The predicted octanol–water partition coefficient (Wildman–Crippen LogP) is 2.94. The zero-order valence-electron chi connectivity index (χ0n) is 11.4. The summed E-state index contributed by atoms with van der Waals surface area (Å²) in [5, 5.41) is 15.3. The third kappa shape index (κ3) is 4.39. The average Bonchev–Trinajstić information content (AvgIpc) is 2.49. The highest BCUT2D eigenvalue weighted by molar-refractivity contribution is 6.30. The van der Waals surface area contributed by atoms with Gasteiger partial charge in [-0.05, 0) is 17.7 Å². The van der Waals surface area contributed by atoms with Crippen molar-refractivity contribution in [1.82, 2.24) is 5.43 Å². The molecule has 2 aromatic carbocycles. The second-order valence-corrected chi connectivity index (χ2v) is 4.84. The van der Waals surface area contributed by atoms with E-state index in [0.29, 0.717) is 10.6 Å². The minimum atomic E-state index is -0.514. The van der Waals surface area contributed by atoms with Gasteiger partial charge in [0.05, 0.1) is 17.6 Å². The van der Waals surface area contributed by atoms with Crippen molar-refractivity contribution < 1.29 is 9.72 Å². The Morgan fingerprint density at radius 1 is 1.23 bits per heavy atom. The fourth-order valence-electron chi connectivity index (χ4n) is 1.78. The molecule has 0 bridgehead atoms. The van der Waals surface area contributed by atoms with Gasteiger partial charge in [0.2, 0.25) is 5.91 Å². The molecule has 0 spiro atoms. The van der Waals surface area contributed by atoms with Crippen LogP contribution < -0.4 is 5.43 Å². The average molecular weight is 318 g/mol. The minimum absolute atomic E-state index is 0.0840. The first kappa shape index (κ1) is 15.7. The fourth-order valence-corrected chi connectivity index (χ4v) is 1.90. The van der Waals surface area contributed by atoms with Gasteiger partial charge in [-0.15, -0.1) is 0 Å². The molecule has 0 fully saturated rings. The summed E-state index contributed by atoms with van der Waals surface area (Å²) in [6.45, 7) is 0. The molecule has 6 nitrogen and oxygen atoms in total. The number of hydrogen-bond acceptors (Lipinski definition) is 4. The van der Waals surface area contributed by atoms with Gasteiger partial charge in [-0.3, -0.25) is 14.9 Å². The summed E-state index contributed by atoms with van der Waals surface area (Å²) >= 11 is 5.76. The molecule has 0 heterocycles. The molecule has 112 valence electrons. The standard InChI is InChI=1S/C15H12ClN3O3/c16-13-7-5-11(6-8-13)10-17-18-15(20)9-12-3-1-2-4-14(12)19(21)22/h1-8,10H,9H2,(H,18,20). The number of nitro benzene ring substituents is 1. The summed E-state index contributed by atoms with van der Waals surface area (Å²) < 4.78 is 0. The summed E-state index contributed by atoms with van der Waals surface area (Å²) in [5.41, 5.74) is 3.36. The van der Waals surface area contributed by atoms with Crippen molar-refractivity contribution in [3.05, 3.63) is 74.8 Å². The Morgan fingerprint density at radius 3 is 2.59 bits per heavy atom. The van der Waals surface area contributed by atoms with E-state index in [2.05, 4.69) is 10.5 Å². The number of nitrogens with one attached hydrogen (secondary N) is 1. The van der Waals surface area contributed by atoms with Gasteiger partial charge in [-0.25, -0.2) is 5.43 Å². The number of halogens is 1. The van der Waals surface area contributed by atoms with Gasteiger partial charge in [0, 0.05) is 16.7 Å². The number of hydrogen-bond donors (Lipinski definition) is 1. The normalized spacial score (nSPS) is 10.6. The second-order valence-electron chi connectivity index (χ2n) is 4.41. The Bertz CT molecular complexity index is 714. The third-order valence-electron chi connectivity index (χ3n) is 2.81. The first-order valence-corrected chi connectivity index (χ1v) is 6.74. The molecular weight excluding hydrogens is 306 g/mol. The predicted molar refractivity (Wildman–Crippen MR) is 84.0 cm³/mol. The number of nitro groups is 1. The molecule has 1 N–H and O–H groups in total. The van der Waals surface area contributed by atoms with Crippen LogP contribution in [-0.4, -0.2) is 17.0 Å². The van der Waals surface area contributed by atoms with Gasteiger partial charge in [-0.1, -0.05) is 41.9 Å². The van der Waals surface area contributed by atoms with Crippen molar-refractivity contribution in [1.29, 1.82) is 0 Å². The van der Waals surface area contributed by atoms with E-state index in [-0.39, 0.29) is 12.1 Å². The summed E-state index contributed by atoms with van der Waals surface area (Å²) in [5.74, 6) is -0.431. The van der Waals surface area contributed by atoms with Crippen LogP contribution in [0.25, 0.3) is 0 Å². The largest absolute Gasteiger partial charge is 0.273 e. The molecule has 0 atom stereocenters. The van der Waals surface area contributed by atoms with Crippen LogP contribution in [-0.2, 0) is 11.2 Å². The monoisotopic (exact) mass is 317 g/mol. The van der Waals surface area contributed by atoms with Crippen molar-refractivity contribution in [2.45, 2.75) is 6.42 Å². The van der Waals surface area contributed by atoms with Crippen LogP contribution in [0.4, 0.5) is 5.69 Å². The molecule has 0 saturated carbocycles. The topological polar surface area (TPSA) is 84.6 Å². The lowest BCUT2D eigenvalue weighted by molar-refractivity contribution is -0.385. The maximum atomic E-state index is 11.8. The number of para-hydroxylation sites is 1. The number of carbonyl (C=O) groups is 1.